The minimum absolute atomic E-state index is 0.321. The highest BCUT2D eigenvalue weighted by atomic mass is 35.5. The second-order valence-corrected chi connectivity index (χ2v) is 4.20. The molecule has 0 atom stereocenters. The average molecular weight is 307 g/mol. The lowest BCUT2D eigenvalue weighted by atomic mass is 10.1. The fourth-order valence-corrected chi connectivity index (χ4v) is 1.62. The zero-order chi connectivity index (χ0) is 15.3. The Kier molecular flexibility index (Phi) is 5.33. The summed E-state index contributed by atoms with van der Waals surface area (Å²) in [5.74, 6) is -1.21. The zero-order valence-corrected chi connectivity index (χ0v) is 11.1. The number of halogens is 4. The topological polar surface area (TPSA) is 43.4 Å². The third-order valence-electron chi connectivity index (χ3n) is 2.31. The molecule has 20 heavy (non-hydrogen) atoms. The lowest BCUT2D eigenvalue weighted by Gasteiger charge is -2.08. The Morgan fingerprint density at radius 2 is 2.00 bits per heavy atom. The molecule has 1 aromatic rings. The van der Waals surface area contributed by atoms with Crippen molar-refractivity contribution in [1.29, 1.82) is 0 Å². The maximum atomic E-state index is 12.5. The molecule has 0 aliphatic carbocycles. The second-order valence-electron chi connectivity index (χ2n) is 3.79. The van der Waals surface area contributed by atoms with Crippen molar-refractivity contribution in [3.8, 4) is 0 Å². The molecular weight excluding hydrogens is 297 g/mol. The molecule has 7 heteroatoms. The summed E-state index contributed by atoms with van der Waals surface area (Å²) in [5, 5.41) is -0.458. The van der Waals surface area contributed by atoms with Gasteiger partial charge in [-0.05, 0) is 23.8 Å². The molecule has 0 bridgehead atoms. The average Bonchev–Trinajstić information content (AvgIpc) is 2.34. The molecule has 1 aromatic carbocycles. The summed E-state index contributed by atoms with van der Waals surface area (Å²) in [6.45, 7) is 0. The van der Waals surface area contributed by atoms with Crippen molar-refractivity contribution >= 4 is 29.4 Å². The van der Waals surface area contributed by atoms with Crippen molar-refractivity contribution in [1.82, 2.24) is 0 Å². The van der Waals surface area contributed by atoms with Gasteiger partial charge in [0.2, 0.25) is 0 Å². The highest BCUT2D eigenvalue weighted by Gasteiger charge is 2.32. The van der Waals surface area contributed by atoms with Crippen LogP contribution in [0, 0.1) is 0 Å². The van der Waals surface area contributed by atoms with E-state index in [-0.39, 0.29) is 0 Å². The highest BCUT2D eigenvalue weighted by Crippen LogP contribution is 2.35. The molecule has 3 nitrogen and oxygen atoms in total. The van der Waals surface area contributed by atoms with E-state index in [4.69, 9.17) is 11.6 Å². The van der Waals surface area contributed by atoms with Gasteiger partial charge < -0.3 is 4.74 Å². The Hall–Kier alpha value is -1.82. The largest absolute Gasteiger partial charge is 0.469 e. The van der Waals surface area contributed by atoms with Gasteiger partial charge in [-0.3, -0.25) is 9.59 Å². The monoisotopic (exact) mass is 306 g/mol. The molecule has 0 aromatic heterocycles. The lowest BCUT2D eigenvalue weighted by molar-refractivity contribution is -0.142. The maximum absolute atomic E-state index is 12.5. The molecule has 0 fully saturated rings. The molecular formula is C13H10ClF3O3. The number of alkyl halides is 3. The second kappa shape index (κ2) is 6.56. The van der Waals surface area contributed by atoms with Crippen molar-refractivity contribution in [2.24, 2.45) is 0 Å². The Bertz CT molecular complexity index is 550. The minimum Gasteiger partial charge on any atom is -0.469 e. The first-order valence-corrected chi connectivity index (χ1v) is 5.76. The predicted octanol–water partition coefficient (Wildman–Crippen LogP) is 3.50. The van der Waals surface area contributed by atoms with E-state index < -0.39 is 34.9 Å². The van der Waals surface area contributed by atoms with Gasteiger partial charge in [-0.15, -0.1) is 0 Å². The molecule has 0 saturated heterocycles. The van der Waals surface area contributed by atoms with Crippen LogP contribution in [0.4, 0.5) is 13.2 Å². The van der Waals surface area contributed by atoms with Gasteiger partial charge in [0.1, 0.15) is 6.42 Å². The predicted molar refractivity (Wildman–Crippen MR) is 67.1 cm³/mol. The standard InChI is InChI=1S/C13H10ClF3O3/c1-20-12(19)7-9(18)4-2-8-3-5-10(11(14)6-8)13(15,16)17/h2-6H,7H2,1H3. The molecule has 0 heterocycles. The van der Waals surface area contributed by atoms with Crippen LogP contribution in [0.25, 0.3) is 6.08 Å². The van der Waals surface area contributed by atoms with Gasteiger partial charge in [-0.25, -0.2) is 0 Å². The van der Waals surface area contributed by atoms with Gasteiger partial charge >= 0.3 is 12.1 Å². The third-order valence-corrected chi connectivity index (χ3v) is 2.62. The van der Waals surface area contributed by atoms with Crippen LogP contribution in [0.1, 0.15) is 17.5 Å². The smallest absolute Gasteiger partial charge is 0.417 e. The van der Waals surface area contributed by atoms with E-state index in [1.54, 1.807) is 0 Å². The van der Waals surface area contributed by atoms with Crippen LogP contribution >= 0.6 is 11.6 Å². The summed E-state index contributed by atoms with van der Waals surface area (Å²) in [5.41, 5.74) is -0.626. The number of esters is 1. The number of allylic oxidation sites excluding steroid dienone is 1. The lowest BCUT2D eigenvalue weighted by Crippen LogP contribution is -2.06. The van der Waals surface area contributed by atoms with Gasteiger partial charge in [-0.2, -0.15) is 13.2 Å². The maximum Gasteiger partial charge on any atom is 0.417 e. The SMILES string of the molecule is COC(=O)CC(=O)C=Cc1ccc(C(F)(F)F)c(Cl)c1. The van der Waals surface area contributed by atoms with E-state index in [0.717, 1.165) is 25.3 Å². The zero-order valence-electron chi connectivity index (χ0n) is 10.3. The number of ether oxygens (including phenoxy) is 1. The van der Waals surface area contributed by atoms with E-state index in [1.165, 1.54) is 12.1 Å². The molecule has 0 aliphatic rings. The summed E-state index contributed by atoms with van der Waals surface area (Å²) in [4.78, 5) is 22.1. The first kappa shape index (κ1) is 16.2. The number of ketones is 1. The van der Waals surface area contributed by atoms with Gasteiger partial charge in [0.25, 0.3) is 0 Å². The normalized spacial score (nSPS) is 11.7. The van der Waals surface area contributed by atoms with Crippen molar-refractivity contribution < 1.29 is 27.5 Å². The van der Waals surface area contributed by atoms with E-state index in [0.29, 0.717) is 5.56 Å². The van der Waals surface area contributed by atoms with Crippen LogP contribution in [-0.2, 0) is 20.5 Å². The molecule has 0 unspecified atom stereocenters. The molecule has 0 radical (unpaired) electrons. The van der Waals surface area contributed by atoms with Crippen LogP contribution in [0.3, 0.4) is 0 Å². The number of benzene rings is 1. The number of methoxy groups -OCH3 is 1. The summed E-state index contributed by atoms with van der Waals surface area (Å²) >= 11 is 5.52. The number of rotatable bonds is 4. The van der Waals surface area contributed by atoms with Crippen molar-refractivity contribution in [2.75, 3.05) is 7.11 Å². The van der Waals surface area contributed by atoms with Crippen LogP contribution < -0.4 is 0 Å². The molecule has 0 spiro atoms. The van der Waals surface area contributed by atoms with Gasteiger partial charge in [0.15, 0.2) is 5.78 Å². The molecule has 1 rings (SSSR count). The van der Waals surface area contributed by atoms with Crippen LogP contribution in [0.5, 0.6) is 0 Å². The van der Waals surface area contributed by atoms with Gasteiger partial charge in [-0.1, -0.05) is 23.7 Å². The minimum atomic E-state index is -4.53. The molecule has 0 N–H and O–H groups in total. The van der Waals surface area contributed by atoms with Crippen molar-refractivity contribution in [2.45, 2.75) is 12.6 Å². The molecule has 0 aliphatic heterocycles. The quantitative estimate of drug-likeness (QED) is 0.486. The number of carbonyl (C=O) groups excluding carboxylic acids is 2. The number of carbonyl (C=O) groups is 2. The summed E-state index contributed by atoms with van der Waals surface area (Å²) in [6, 6.07) is 3.09. The first-order chi connectivity index (χ1) is 9.24. The van der Waals surface area contributed by atoms with Gasteiger partial charge in [0, 0.05) is 0 Å². The third kappa shape index (κ3) is 4.70. The van der Waals surface area contributed by atoms with E-state index >= 15 is 0 Å². The molecule has 0 saturated carbocycles. The Labute approximate surface area is 118 Å². The van der Waals surface area contributed by atoms with Gasteiger partial charge in [0.05, 0.1) is 17.7 Å². The first-order valence-electron chi connectivity index (χ1n) is 5.38. The highest BCUT2D eigenvalue weighted by molar-refractivity contribution is 6.31. The Morgan fingerprint density at radius 3 is 2.50 bits per heavy atom. The van der Waals surface area contributed by atoms with E-state index in [1.807, 2.05) is 0 Å². The number of hydrogen-bond donors (Lipinski definition) is 0. The van der Waals surface area contributed by atoms with E-state index in [9.17, 15) is 22.8 Å². The Balaban J connectivity index is 2.82. The fourth-order valence-electron chi connectivity index (χ4n) is 1.33. The van der Waals surface area contributed by atoms with Crippen LogP contribution in [-0.4, -0.2) is 18.9 Å². The van der Waals surface area contributed by atoms with Crippen LogP contribution in [0.15, 0.2) is 24.3 Å². The van der Waals surface area contributed by atoms with Crippen molar-refractivity contribution in [3.63, 3.8) is 0 Å². The summed E-state index contributed by atoms with van der Waals surface area (Å²) in [7, 11) is 1.15. The summed E-state index contributed by atoms with van der Waals surface area (Å²) < 4.78 is 41.7. The molecule has 0 amide bonds. The van der Waals surface area contributed by atoms with Crippen LogP contribution in [0.2, 0.25) is 5.02 Å². The van der Waals surface area contributed by atoms with E-state index in [2.05, 4.69) is 4.74 Å². The fraction of sp³-hybridized carbons (Fsp3) is 0.231. The molecule has 108 valence electrons. The Morgan fingerprint density at radius 1 is 1.35 bits per heavy atom. The summed E-state index contributed by atoms with van der Waals surface area (Å²) in [6.07, 6.45) is -2.60. The van der Waals surface area contributed by atoms with Crippen molar-refractivity contribution in [3.05, 3.63) is 40.4 Å². The number of hydrogen-bond acceptors (Lipinski definition) is 3.